The molecule has 0 unspecified atom stereocenters. The SMILES string of the molecule is Cc1ccc(NC(=O)C[C@H]2S/C(=N/N=C\C=C\c3ccccc3)NC2=O)cc1. The van der Waals surface area contributed by atoms with Gasteiger partial charge in [0.25, 0.3) is 0 Å². The molecule has 1 atom stereocenters. The first-order valence-corrected chi connectivity index (χ1v) is 9.65. The van der Waals surface area contributed by atoms with Gasteiger partial charge in [-0.05, 0) is 30.7 Å². The number of nitrogens with zero attached hydrogens (tertiary/aromatic N) is 2. The van der Waals surface area contributed by atoms with Gasteiger partial charge in [0.2, 0.25) is 11.8 Å². The van der Waals surface area contributed by atoms with E-state index in [0.717, 1.165) is 11.1 Å². The minimum Gasteiger partial charge on any atom is -0.326 e. The van der Waals surface area contributed by atoms with Gasteiger partial charge < -0.3 is 10.6 Å². The third kappa shape index (κ3) is 5.92. The number of anilines is 1. The Hall–Kier alpha value is -3.19. The molecule has 1 aliphatic rings. The highest BCUT2D eigenvalue weighted by Gasteiger charge is 2.32. The van der Waals surface area contributed by atoms with Crippen LogP contribution in [-0.2, 0) is 9.59 Å². The van der Waals surface area contributed by atoms with Gasteiger partial charge in [0.15, 0.2) is 5.17 Å². The number of nitrogens with one attached hydrogen (secondary N) is 2. The number of carbonyl (C=O) groups is 2. The first kappa shape index (κ1) is 19.6. The predicted molar refractivity (Wildman–Crippen MR) is 115 cm³/mol. The summed E-state index contributed by atoms with van der Waals surface area (Å²) in [6, 6.07) is 17.3. The average Bonchev–Trinajstić information content (AvgIpc) is 3.03. The maximum atomic E-state index is 12.2. The van der Waals surface area contributed by atoms with E-state index >= 15 is 0 Å². The van der Waals surface area contributed by atoms with Gasteiger partial charge in [-0.25, -0.2) is 0 Å². The average molecular weight is 392 g/mol. The fourth-order valence-electron chi connectivity index (χ4n) is 2.45. The van der Waals surface area contributed by atoms with Crippen molar-refractivity contribution < 1.29 is 9.59 Å². The van der Waals surface area contributed by atoms with Crippen LogP contribution in [-0.4, -0.2) is 28.4 Å². The third-order valence-corrected chi connectivity index (χ3v) is 4.94. The first-order chi connectivity index (χ1) is 13.6. The van der Waals surface area contributed by atoms with Crippen molar-refractivity contribution in [1.29, 1.82) is 0 Å². The molecule has 6 nitrogen and oxygen atoms in total. The molecule has 2 aromatic carbocycles. The van der Waals surface area contributed by atoms with Crippen LogP contribution >= 0.6 is 11.8 Å². The quantitative estimate of drug-likeness (QED) is 0.582. The summed E-state index contributed by atoms with van der Waals surface area (Å²) in [5.74, 6) is -0.454. The molecular formula is C21H20N4O2S. The van der Waals surface area contributed by atoms with Gasteiger partial charge in [-0.1, -0.05) is 65.9 Å². The van der Waals surface area contributed by atoms with E-state index in [2.05, 4.69) is 20.8 Å². The summed E-state index contributed by atoms with van der Waals surface area (Å²) in [7, 11) is 0. The Labute approximate surface area is 167 Å². The van der Waals surface area contributed by atoms with Gasteiger partial charge >= 0.3 is 0 Å². The number of benzene rings is 2. The summed E-state index contributed by atoms with van der Waals surface area (Å²) in [6.45, 7) is 1.98. The van der Waals surface area contributed by atoms with Crippen molar-refractivity contribution in [2.45, 2.75) is 18.6 Å². The van der Waals surface area contributed by atoms with E-state index in [9.17, 15) is 9.59 Å². The number of amides is 2. The van der Waals surface area contributed by atoms with Crippen LogP contribution in [0.1, 0.15) is 17.5 Å². The Morgan fingerprint density at radius 2 is 1.93 bits per heavy atom. The number of hydrogen-bond acceptors (Lipinski definition) is 5. The lowest BCUT2D eigenvalue weighted by Crippen LogP contribution is -2.28. The molecule has 1 heterocycles. The molecule has 2 amide bonds. The lowest BCUT2D eigenvalue weighted by Gasteiger charge is -2.07. The molecule has 0 aliphatic carbocycles. The fraction of sp³-hybridized carbons (Fsp3) is 0.143. The molecule has 3 rings (SSSR count). The topological polar surface area (TPSA) is 82.9 Å². The van der Waals surface area contributed by atoms with Crippen LogP contribution < -0.4 is 10.6 Å². The summed E-state index contributed by atoms with van der Waals surface area (Å²) in [5, 5.41) is 13.2. The zero-order valence-corrected chi connectivity index (χ0v) is 16.1. The van der Waals surface area contributed by atoms with E-state index in [4.69, 9.17) is 0 Å². The van der Waals surface area contributed by atoms with Crippen LogP contribution in [0.4, 0.5) is 5.69 Å². The second kappa shape index (κ2) is 9.66. The minimum absolute atomic E-state index is 0.0705. The van der Waals surface area contributed by atoms with Crippen molar-refractivity contribution in [1.82, 2.24) is 5.32 Å². The van der Waals surface area contributed by atoms with Gasteiger partial charge in [-0.2, -0.15) is 5.10 Å². The number of thioether (sulfide) groups is 1. The lowest BCUT2D eigenvalue weighted by molar-refractivity contribution is -0.122. The highest BCUT2D eigenvalue weighted by Crippen LogP contribution is 2.23. The Balaban J connectivity index is 1.49. The van der Waals surface area contributed by atoms with Crippen LogP contribution in [0, 0.1) is 6.92 Å². The van der Waals surface area contributed by atoms with E-state index in [-0.39, 0.29) is 18.2 Å². The number of rotatable bonds is 6. The third-order valence-electron chi connectivity index (χ3n) is 3.87. The van der Waals surface area contributed by atoms with E-state index in [1.807, 2.05) is 67.6 Å². The fourth-order valence-corrected chi connectivity index (χ4v) is 3.37. The first-order valence-electron chi connectivity index (χ1n) is 8.77. The van der Waals surface area contributed by atoms with Crippen molar-refractivity contribution in [2.75, 3.05) is 5.32 Å². The van der Waals surface area contributed by atoms with Gasteiger partial charge in [0.05, 0.1) is 0 Å². The van der Waals surface area contributed by atoms with Crippen molar-refractivity contribution in [3.8, 4) is 0 Å². The maximum Gasteiger partial charge on any atom is 0.240 e. The largest absolute Gasteiger partial charge is 0.326 e. The van der Waals surface area contributed by atoms with E-state index in [0.29, 0.717) is 10.9 Å². The molecule has 2 aromatic rings. The van der Waals surface area contributed by atoms with Crippen LogP contribution in [0.15, 0.2) is 70.9 Å². The van der Waals surface area contributed by atoms with E-state index < -0.39 is 5.25 Å². The zero-order chi connectivity index (χ0) is 19.8. The van der Waals surface area contributed by atoms with Crippen molar-refractivity contribution >= 4 is 46.7 Å². The molecule has 142 valence electrons. The van der Waals surface area contributed by atoms with Crippen molar-refractivity contribution in [3.05, 3.63) is 71.8 Å². The second-order valence-corrected chi connectivity index (χ2v) is 7.35. The molecule has 0 spiro atoms. The van der Waals surface area contributed by atoms with Gasteiger partial charge in [-0.3, -0.25) is 9.59 Å². The van der Waals surface area contributed by atoms with E-state index in [1.165, 1.54) is 11.8 Å². The smallest absolute Gasteiger partial charge is 0.240 e. The van der Waals surface area contributed by atoms with E-state index in [1.54, 1.807) is 12.3 Å². The summed E-state index contributed by atoms with van der Waals surface area (Å²) in [5.41, 5.74) is 2.89. The maximum absolute atomic E-state index is 12.2. The molecule has 1 aliphatic heterocycles. The molecule has 0 radical (unpaired) electrons. The monoisotopic (exact) mass is 392 g/mol. The van der Waals surface area contributed by atoms with Crippen LogP contribution in [0.3, 0.4) is 0 Å². The number of hydrogen-bond donors (Lipinski definition) is 2. The molecule has 2 N–H and O–H groups in total. The van der Waals surface area contributed by atoms with Gasteiger partial charge in [0, 0.05) is 18.3 Å². The number of amidine groups is 1. The highest BCUT2D eigenvalue weighted by molar-refractivity contribution is 8.15. The molecule has 1 fully saturated rings. The van der Waals surface area contributed by atoms with Crippen molar-refractivity contribution in [3.63, 3.8) is 0 Å². The van der Waals surface area contributed by atoms with Crippen molar-refractivity contribution in [2.24, 2.45) is 10.2 Å². The number of allylic oxidation sites excluding steroid dienone is 1. The Kier molecular flexibility index (Phi) is 6.75. The number of aryl methyl sites for hydroxylation is 1. The molecule has 7 heteroatoms. The normalized spacial score (nSPS) is 18.1. The predicted octanol–water partition coefficient (Wildman–Crippen LogP) is 3.61. The second-order valence-electron chi connectivity index (χ2n) is 6.15. The molecule has 0 aromatic heterocycles. The summed E-state index contributed by atoms with van der Waals surface area (Å²) in [4.78, 5) is 24.2. The molecule has 0 saturated carbocycles. The van der Waals surface area contributed by atoms with Gasteiger partial charge in [-0.15, -0.1) is 5.10 Å². The molecule has 0 bridgehead atoms. The summed E-state index contributed by atoms with van der Waals surface area (Å²) in [6.07, 6.45) is 5.29. The van der Waals surface area contributed by atoms with Crippen LogP contribution in [0.25, 0.3) is 6.08 Å². The Bertz CT molecular complexity index is 921. The Morgan fingerprint density at radius 1 is 1.18 bits per heavy atom. The molecule has 28 heavy (non-hydrogen) atoms. The molecular weight excluding hydrogens is 372 g/mol. The van der Waals surface area contributed by atoms with Crippen LogP contribution in [0.5, 0.6) is 0 Å². The molecule has 1 saturated heterocycles. The Morgan fingerprint density at radius 3 is 2.68 bits per heavy atom. The lowest BCUT2D eigenvalue weighted by atomic mass is 10.2. The summed E-state index contributed by atoms with van der Waals surface area (Å²) >= 11 is 1.21. The van der Waals surface area contributed by atoms with Gasteiger partial charge in [0.1, 0.15) is 5.25 Å². The highest BCUT2D eigenvalue weighted by atomic mass is 32.2. The standard InChI is InChI=1S/C21H20N4O2S/c1-15-9-11-17(12-10-15)23-19(26)14-18-20(27)24-21(28-18)25-22-13-5-8-16-6-3-2-4-7-16/h2-13,18H,14H2,1H3,(H,23,26)(H,24,25,27)/b8-5+,22-13-/t18-/m1/s1. The number of carbonyl (C=O) groups excluding carboxylic acids is 2. The van der Waals surface area contributed by atoms with Crippen LogP contribution in [0.2, 0.25) is 0 Å². The summed E-state index contributed by atoms with van der Waals surface area (Å²) < 4.78 is 0. The zero-order valence-electron chi connectivity index (χ0n) is 15.3. The minimum atomic E-state index is -0.515.